The molecule has 1 heterocycles. The highest BCUT2D eigenvalue weighted by atomic mass is 35.5. The molecule has 1 saturated heterocycles. The Balaban J connectivity index is 1.80. The Morgan fingerprint density at radius 1 is 1.06 bits per heavy atom. The molecular formula is C23H30ClN3O4S. The van der Waals surface area contributed by atoms with E-state index in [9.17, 15) is 13.2 Å². The van der Waals surface area contributed by atoms with Crippen molar-refractivity contribution in [3.8, 4) is 5.75 Å². The molecule has 32 heavy (non-hydrogen) atoms. The van der Waals surface area contributed by atoms with Gasteiger partial charge in [-0.3, -0.25) is 14.4 Å². The number of carbonyl (C=O) groups excluding carboxylic acids is 1. The normalized spacial score (nSPS) is 15.8. The summed E-state index contributed by atoms with van der Waals surface area (Å²) in [6.07, 6.45) is 0.872. The Labute approximate surface area is 195 Å². The minimum atomic E-state index is -3.95. The summed E-state index contributed by atoms with van der Waals surface area (Å²) in [6.45, 7) is 9.45. The second-order valence-electron chi connectivity index (χ2n) is 8.78. The number of sulfonamides is 1. The molecule has 7 nitrogen and oxygen atoms in total. The van der Waals surface area contributed by atoms with Gasteiger partial charge < -0.3 is 9.64 Å². The number of carbonyl (C=O) groups is 1. The maximum atomic E-state index is 13.1. The predicted molar refractivity (Wildman–Crippen MR) is 127 cm³/mol. The van der Waals surface area contributed by atoms with E-state index >= 15 is 0 Å². The molecule has 0 saturated carbocycles. The third kappa shape index (κ3) is 5.74. The van der Waals surface area contributed by atoms with Gasteiger partial charge in [0.1, 0.15) is 5.75 Å². The minimum absolute atomic E-state index is 0.00322. The second-order valence-corrected chi connectivity index (χ2v) is 10.9. The third-order valence-corrected chi connectivity index (χ3v) is 7.13. The maximum absolute atomic E-state index is 13.1. The zero-order valence-corrected chi connectivity index (χ0v) is 20.5. The lowest BCUT2D eigenvalue weighted by molar-refractivity contribution is 0.0749. The molecule has 0 spiro atoms. The molecule has 2 aromatic rings. The number of benzene rings is 2. The van der Waals surface area contributed by atoms with Crippen LogP contribution in [0.2, 0.25) is 5.02 Å². The molecule has 1 aliphatic heterocycles. The van der Waals surface area contributed by atoms with Crippen molar-refractivity contribution in [3.63, 3.8) is 0 Å². The summed E-state index contributed by atoms with van der Waals surface area (Å²) in [5, 5.41) is 0.373. The highest BCUT2D eigenvalue weighted by molar-refractivity contribution is 7.92. The van der Waals surface area contributed by atoms with E-state index in [1.165, 1.54) is 25.3 Å². The largest absolute Gasteiger partial charge is 0.495 e. The molecule has 0 atom stereocenters. The number of nitrogens with one attached hydrogen (secondary N) is 1. The maximum Gasteiger partial charge on any atom is 0.262 e. The van der Waals surface area contributed by atoms with Crippen molar-refractivity contribution in [1.82, 2.24) is 9.80 Å². The first-order valence-electron chi connectivity index (χ1n) is 10.5. The number of anilines is 1. The first-order chi connectivity index (χ1) is 15.0. The molecule has 0 unspecified atom stereocenters. The van der Waals surface area contributed by atoms with E-state index in [-0.39, 0.29) is 22.0 Å². The van der Waals surface area contributed by atoms with E-state index in [1.807, 2.05) is 0 Å². The van der Waals surface area contributed by atoms with Gasteiger partial charge in [-0.1, -0.05) is 17.7 Å². The van der Waals surface area contributed by atoms with Gasteiger partial charge in [-0.25, -0.2) is 8.42 Å². The molecule has 1 amide bonds. The van der Waals surface area contributed by atoms with Crippen molar-refractivity contribution in [1.29, 1.82) is 0 Å². The number of ether oxygens (including phenoxy) is 1. The Kier molecular flexibility index (Phi) is 7.37. The quantitative estimate of drug-likeness (QED) is 0.698. The van der Waals surface area contributed by atoms with Gasteiger partial charge in [-0.15, -0.1) is 0 Å². The van der Waals surface area contributed by atoms with E-state index < -0.39 is 10.0 Å². The van der Waals surface area contributed by atoms with Crippen molar-refractivity contribution in [2.45, 2.75) is 37.6 Å². The number of halogens is 1. The fourth-order valence-corrected chi connectivity index (χ4v) is 5.01. The number of amides is 1. The van der Waals surface area contributed by atoms with Gasteiger partial charge in [0, 0.05) is 42.3 Å². The lowest BCUT2D eigenvalue weighted by Crippen LogP contribution is -2.44. The number of hydrogen-bond donors (Lipinski definition) is 1. The van der Waals surface area contributed by atoms with Crippen LogP contribution in [0.15, 0.2) is 47.4 Å². The van der Waals surface area contributed by atoms with E-state index in [1.54, 1.807) is 29.2 Å². The standard InChI is InChI=1S/C23H30ClN3O4S/c1-23(2,3)27-12-6-11-26(13-14-27)22(28)17-7-5-8-19(15-17)32(29,30)25-20-16-18(24)9-10-21(20)31-4/h5,7-10,15-16,25H,6,11-14H2,1-4H3. The van der Waals surface area contributed by atoms with Crippen molar-refractivity contribution < 1.29 is 17.9 Å². The lowest BCUT2D eigenvalue weighted by Gasteiger charge is -2.34. The fraction of sp³-hybridized carbons (Fsp3) is 0.435. The van der Waals surface area contributed by atoms with E-state index in [0.717, 1.165) is 19.5 Å². The lowest BCUT2D eigenvalue weighted by atomic mass is 10.1. The zero-order chi connectivity index (χ0) is 23.5. The average Bonchev–Trinajstić information content (AvgIpc) is 3.00. The number of methoxy groups -OCH3 is 1. The highest BCUT2D eigenvalue weighted by Crippen LogP contribution is 2.30. The van der Waals surface area contributed by atoms with Gasteiger partial charge in [0.25, 0.3) is 15.9 Å². The minimum Gasteiger partial charge on any atom is -0.495 e. The molecule has 0 bridgehead atoms. The van der Waals surface area contributed by atoms with E-state index in [2.05, 4.69) is 30.4 Å². The summed E-state index contributed by atoms with van der Waals surface area (Å²) < 4.78 is 33.7. The molecule has 0 radical (unpaired) electrons. The van der Waals surface area contributed by atoms with Crippen LogP contribution in [0.1, 0.15) is 37.6 Å². The molecule has 1 N–H and O–H groups in total. The summed E-state index contributed by atoms with van der Waals surface area (Å²) in [6, 6.07) is 10.8. The SMILES string of the molecule is COc1ccc(Cl)cc1NS(=O)(=O)c1cccc(C(=O)N2CCCN(C(C)(C)C)CC2)c1. The molecular weight excluding hydrogens is 450 g/mol. The Bertz CT molecular complexity index is 1080. The molecule has 3 rings (SSSR count). The number of nitrogens with zero attached hydrogens (tertiary/aromatic N) is 2. The van der Waals surface area contributed by atoms with Gasteiger partial charge in [-0.05, 0) is 63.6 Å². The van der Waals surface area contributed by atoms with Crippen LogP contribution in [0.4, 0.5) is 5.69 Å². The van der Waals surface area contributed by atoms with E-state index in [4.69, 9.17) is 16.3 Å². The van der Waals surface area contributed by atoms with Gasteiger partial charge in [-0.2, -0.15) is 0 Å². The second kappa shape index (κ2) is 9.68. The van der Waals surface area contributed by atoms with Gasteiger partial charge in [0.2, 0.25) is 0 Å². The van der Waals surface area contributed by atoms with Crippen molar-refractivity contribution in [3.05, 3.63) is 53.1 Å². The van der Waals surface area contributed by atoms with Crippen LogP contribution in [0.3, 0.4) is 0 Å². The van der Waals surface area contributed by atoms with Gasteiger partial charge in [0.05, 0.1) is 17.7 Å². The summed E-state index contributed by atoms with van der Waals surface area (Å²) in [7, 11) is -2.51. The molecule has 0 aromatic heterocycles. The van der Waals surface area contributed by atoms with Crippen LogP contribution >= 0.6 is 11.6 Å². The number of hydrogen-bond acceptors (Lipinski definition) is 5. The Hall–Kier alpha value is -2.29. The van der Waals surface area contributed by atoms with Crippen LogP contribution in [-0.4, -0.2) is 63.0 Å². The van der Waals surface area contributed by atoms with Crippen molar-refractivity contribution in [2.24, 2.45) is 0 Å². The molecule has 1 aliphatic rings. The zero-order valence-electron chi connectivity index (χ0n) is 18.9. The monoisotopic (exact) mass is 479 g/mol. The first-order valence-corrected chi connectivity index (χ1v) is 12.4. The molecule has 174 valence electrons. The van der Waals surface area contributed by atoms with Crippen LogP contribution in [0.25, 0.3) is 0 Å². The Morgan fingerprint density at radius 3 is 2.50 bits per heavy atom. The highest BCUT2D eigenvalue weighted by Gasteiger charge is 2.27. The first kappa shape index (κ1) is 24.4. The smallest absolute Gasteiger partial charge is 0.262 e. The van der Waals surface area contributed by atoms with Gasteiger partial charge >= 0.3 is 0 Å². The van der Waals surface area contributed by atoms with Crippen molar-refractivity contribution >= 4 is 33.2 Å². The van der Waals surface area contributed by atoms with Gasteiger partial charge in [0.15, 0.2) is 0 Å². The van der Waals surface area contributed by atoms with Crippen LogP contribution in [-0.2, 0) is 10.0 Å². The third-order valence-electron chi connectivity index (χ3n) is 5.53. The van der Waals surface area contributed by atoms with Crippen molar-refractivity contribution in [2.75, 3.05) is 38.0 Å². The topological polar surface area (TPSA) is 78.9 Å². The number of rotatable bonds is 5. The molecule has 2 aromatic carbocycles. The predicted octanol–water partition coefficient (Wildman–Crippen LogP) is 4.10. The fourth-order valence-electron chi connectivity index (χ4n) is 3.73. The summed E-state index contributed by atoms with van der Waals surface area (Å²) in [5.74, 6) is 0.177. The Morgan fingerprint density at radius 2 is 1.81 bits per heavy atom. The van der Waals surface area contributed by atoms with Crippen LogP contribution in [0.5, 0.6) is 5.75 Å². The van der Waals surface area contributed by atoms with E-state index in [0.29, 0.717) is 29.4 Å². The van der Waals surface area contributed by atoms with Crippen LogP contribution < -0.4 is 9.46 Å². The molecule has 0 aliphatic carbocycles. The summed E-state index contributed by atoms with van der Waals surface area (Å²) in [4.78, 5) is 17.3. The molecule has 1 fully saturated rings. The summed E-state index contributed by atoms with van der Waals surface area (Å²) in [5.41, 5.74) is 0.613. The average molecular weight is 480 g/mol. The molecule has 9 heteroatoms. The summed E-state index contributed by atoms with van der Waals surface area (Å²) >= 11 is 6.01. The van der Waals surface area contributed by atoms with Crippen LogP contribution in [0, 0.1) is 0 Å².